The molecular formula is C21H25N. The Labute approximate surface area is 134 Å². The second-order valence-electron chi connectivity index (χ2n) is 6.50. The van der Waals surface area contributed by atoms with Crippen LogP contribution >= 0.6 is 0 Å². The lowest BCUT2D eigenvalue weighted by Crippen LogP contribution is -2.11. The number of rotatable bonds is 3. The molecule has 0 radical (unpaired) electrons. The van der Waals surface area contributed by atoms with Gasteiger partial charge >= 0.3 is 0 Å². The average molecular weight is 291 g/mol. The first kappa shape index (κ1) is 16.2. The van der Waals surface area contributed by atoms with Crippen LogP contribution in [-0.4, -0.2) is 4.98 Å². The molecular weight excluding hydrogens is 266 g/mol. The van der Waals surface area contributed by atoms with Crippen molar-refractivity contribution >= 4 is 5.57 Å². The van der Waals surface area contributed by atoms with Gasteiger partial charge in [-0.15, -0.1) is 0 Å². The van der Waals surface area contributed by atoms with Gasteiger partial charge in [0.05, 0.1) is 5.69 Å². The van der Waals surface area contributed by atoms with E-state index in [-0.39, 0.29) is 5.41 Å². The van der Waals surface area contributed by atoms with Crippen molar-refractivity contribution in [1.82, 2.24) is 4.98 Å². The Hall–Kier alpha value is -2.15. The van der Waals surface area contributed by atoms with E-state index in [4.69, 9.17) is 0 Å². The summed E-state index contributed by atoms with van der Waals surface area (Å²) < 4.78 is 0. The van der Waals surface area contributed by atoms with Crippen LogP contribution in [0.3, 0.4) is 0 Å². The molecule has 0 saturated carbocycles. The van der Waals surface area contributed by atoms with Gasteiger partial charge in [0.15, 0.2) is 0 Å². The Morgan fingerprint density at radius 3 is 2.45 bits per heavy atom. The van der Waals surface area contributed by atoms with Crippen LogP contribution in [0.4, 0.5) is 0 Å². The maximum atomic E-state index is 4.56. The molecule has 0 bridgehead atoms. The molecule has 0 aliphatic carbocycles. The van der Waals surface area contributed by atoms with E-state index in [1.807, 2.05) is 13.1 Å². The summed E-state index contributed by atoms with van der Waals surface area (Å²) in [4.78, 5) is 4.56. The fraction of sp³-hybridized carbons (Fsp3) is 0.286. The number of aromatic nitrogens is 1. The molecule has 0 unspecified atom stereocenters. The minimum absolute atomic E-state index is 0.134. The van der Waals surface area contributed by atoms with E-state index in [1.54, 1.807) is 0 Å². The first-order valence-electron chi connectivity index (χ1n) is 7.82. The molecule has 2 rings (SSSR count). The SMILES string of the molecule is C/C=C\C(=C/C)c1cccc(-c2cc(C(C)(C)C)ccn2)c1. The van der Waals surface area contributed by atoms with E-state index in [1.165, 1.54) is 16.7 Å². The van der Waals surface area contributed by atoms with E-state index >= 15 is 0 Å². The van der Waals surface area contributed by atoms with Crippen molar-refractivity contribution in [3.8, 4) is 11.3 Å². The van der Waals surface area contributed by atoms with Crippen LogP contribution in [-0.2, 0) is 5.41 Å². The Morgan fingerprint density at radius 1 is 1.05 bits per heavy atom. The summed E-state index contributed by atoms with van der Waals surface area (Å²) in [7, 11) is 0. The molecule has 1 aromatic heterocycles. The molecule has 1 heteroatoms. The Morgan fingerprint density at radius 2 is 1.82 bits per heavy atom. The second kappa shape index (κ2) is 6.74. The fourth-order valence-corrected chi connectivity index (χ4v) is 2.45. The number of benzene rings is 1. The maximum absolute atomic E-state index is 4.56. The average Bonchev–Trinajstić information content (AvgIpc) is 2.52. The Balaban J connectivity index is 2.46. The molecule has 1 heterocycles. The van der Waals surface area contributed by atoms with E-state index in [0.717, 1.165) is 11.3 Å². The monoisotopic (exact) mass is 291 g/mol. The summed E-state index contributed by atoms with van der Waals surface area (Å²) >= 11 is 0. The Kier molecular flexibility index (Phi) is 4.97. The minimum atomic E-state index is 0.134. The first-order valence-corrected chi connectivity index (χ1v) is 7.82. The molecule has 0 N–H and O–H groups in total. The van der Waals surface area contributed by atoms with Crippen molar-refractivity contribution in [1.29, 1.82) is 0 Å². The summed E-state index contributed by atoms with van der Waals surface area (Å²) in [5.74, 6) is 0. The predicted molar refractivity (Wildman–Crippen MR) is 96.8 cm³/mol. The van der Waals surface area contributed by atoms with Crippen LogP contribution in [0.25, 0.3) is 16.8 Å². The predicted octanol–water partition coefficient (Wildman–Crippen LogP) is 6.03. The standard InChI is InChI=1S/C21H25N/c1-6-9-16(7-2)17-10-8-11-18(14-17)20-15-19(12-13-22-20)21(3,4)5/h6-15H,1-5H3/b9-6-,16-7+. The summed E-state index contributed by atoms with van der Waals surface area (Å²) in [6.45, 7) is 10.8. The summed E-state index contributed by atoms with van der Waals surface area (Å²) in [5, 5.41) is 0. The number of pyridine rings is 1. The van der Waals surface area contributed by atoms with Gasteiger partial charge < -0.3 is 0 Å². The highest BCUT2D eigenvalue weighted by atomic mass is 14.7. The van der Waals surface area contributed by atoms with Gasteiger partial charge in [-0.25, -0.2) is 0 Å². The van der Waals surface area contributed by atoms with Crippen LogP contribution in [0, 0.1) is 0 Å². The van der Waals surface area contributed by atoms with E-state index in [0.29, 0.717) is 0 Å². The molecule has 22 heavy (non-hydrogen) atoms. The zero-order valence-corrected chi connectivity index (χ0v) is 14.2. The van der Waals surface area contributed by atoms with Crippen molar-refractivity contribution in [2.75, 3.05) is 0 Å². The van der Waals surface area contributed by atoms with Crippen molar-refractivity contribution in [2.45, 2.75) is 40.0 Å². The molecule has 1 aromatic carbocycles. The normalized spacial score (nSPS) is 12.9. The lowest BCUT2D eigenvalue weighted by atomic mass is 9.87. The molecule has 0 aliphatic heterocycles. The van der Waals surface area contributed by atoms with Crippen LogP contribution in [0.15, 0.2) is 60.8 Å². The highest BCUT2D eigenvalue weighted by Gasteiger charge is 2.14. The largest absolute Gasteiger partial charge is 0.256 e. The quantitative estimate of drug-likeness (QED) is 0.629. The number of allylic oxidation sites excluding steroid dienone is 4. The third-order valence-corrected chi connectivity index (χ3v) is 3.77. The highest BCUT2D eigenvalue weighted by molar-refractivity contribution is 5.77. The van der Waals surface area contributed by atoms with Gasteiger partial charge in [0.25, 0.3) is 0 Å². The first-order chi connectivity index (χ1) is 10.5. The second-order valence-corrected chi connectivity index (χ2v) is 6.50. The third kappa shape index (κ3) is 3.73. The van der Waals surface area contributed by atoms with Crippen molar-refractivity contribution in [3.63, 3.8) is 0 Å². The van der Waals surface area contributed by atoms with Crippen LogP contribution in [0.1, 0.15) is 45.7 Å². The van der Waals surface area contributed by atoms with Gasteiger partial charge in [0.2, 0.25) is 0 Å². The topological polar surface area (TPSA) is 12.9 Å². The van der Waals surface area contributed by atoms with E-state index in [2.05, 4.69) is 87.3 Å². The zero-order chi connectivity index (χ0) is 16.2. The lowest BCUT2D eigenvalue weighted by Gasteiger charge is -2.19. The molecule has 0 amide bonds. The van der Waals surface area contributed by atoms with Gasteiger partial charge in [-0.1, -0.05) is 57.2 Å². The number of hydrogen-bond acceptors (Lipinski definition) is 1. The van der Waals surface area contributed by atoms with E-state index < -0.39 is 0 Å². The molecule has 0 atom stereocenters. The summed E-state index contributed by atoms with van der Waals surface area (Å²) in [6.07, 6.45) is 8.25. The van der Waals surface area contributed by atoms with Gasteiger partial charge in [-0.05, 0) is 54.2 Å². The lowest BCUT2D eigenvalue weighted by molar-refractivity contribution is 0.589. The molecule has 1 nitrogen and oxygen atoms in total. The van der Waals surface area contributed by atoms with Gasteiger partial charge in [-0.2, -0.15) is 0 Å². The highest BCUT2D eigenvalue weighted by Crippen LogP contribution is 2.27. The fourth-order valence-electron chi connectivity index (χ4n) is 2.45. The zero-order valence-electron chi connectivity index (χ0n) is 14.2. The summed E-state index contributed by atoms with van der Waals surface area (Å²) in [5.41, 5.74) is 6.09. The van der Waals surface area contributed by atoms with Crippen LogP contribution in [0.5, 0.6) is 0 Å². The summed E-state index contributed by atoms with van der Waals surface area (Å²) in [6, 6.07) is 12.9. The molecule has 2 aromatic rings. The van der Waals surface area contributed by atoms with Crippen molar-refractivity contribution in [2.24, 2.45) is 0 Å². The third-order valence-electron chi connectivity index (χ3n) is 3.77. The van der Waals surface area contributed by atoms with E-state index in [9.17, 15) is 0 Å². The van der Waals surface area contributed by atoms with Gasteiger partial charge in [0.1, 0.15) is 0 Å². The van der Waals surface area contributed by atoms with Crippen molar-refractivity contribution in [3.05, 3.63) is 72.0 Å². The number of hydrogen-bond donors (Lipinski definition) is 0. The van der Waals surface area contributed by atoms with Gasteiger partial charge in [-0.3, -0.25) is 4.98 Å². The molecule has 0 aliphatic rings. The van der Waals surface area contributed by atoms with Crippen molar-refractivity contribution < 1.29 is 0 Å². The van der Waals surface area contributed by atoms with Crippen LogP contribution in [0.2, 0.25) is 0 Å². The maximum Gasteiger partial charge on any atom is 0.0705 e. The van der Waals surface area contributed by atoms with Gasteiger partial charge in [0, 0.05) is 11.8 Å². The smallest absolute Gasteiger partial charge is 0.0705 e. The van der Waals surface area contributed by atoms with Crippen LogP contribution < -0.4 is 0 Å². The minimum Gasteiger partial charge on any atom is -0.256 e. The number of nitrogens with zero attached hydrogens (tertiary/aromatic N) is 1. The molecule has 0 saturated heterocycles. The Bertz CT molecular complexity index is 700. The molecule has 0 fully saturated rings. The molecule has 0 spiro atoms. The molecule has 114 valence electrons.